The molecule has 1 aromatic rings. The third-order valence-electron chi connectivity index (χ3n) is 3.80. The Morgan fingerprint density at radius 2 is 2.06 bits per heavy atom. The van der Waals surface area contributed by atoms with E-state index in [1.165, 1.54) is 0 Å². The van der Waals surface area contributed by atoms with E-state index in [0.717, 1.165) is 12.8 Å². The van der Waals surface area contributed by atoms with Crippen LogP contribution in [0.2, 0.25) is 0 Å². The van der Waals surface area contributed by atoms with Crippen LogP contribution in [0.25, 0.3) is 0 Å². The Morgan fingerprint density at radius 3 is 2.61 bits per heavy atom. The van der Waals surface area contributed by atoms with Crippen molar-refractivity contribution < 1.29 is 19.7 Å². The average molecular weight is 250 g/mol. The standard InChI is InChI=1S/C14H18O4/c1-18-9-10-5-4-6-11(12(10)15)14(13(16)17)7-2-3-8-14/h4-6,15H,2-3,7-9H2,1H3,(H,16,17). The molecule has 0 aromatic heterocycles. The van der Waals surface area contributed by atoms with Crippen molar-refractivity contribution in [1.82, 2.24) is 0 Å². The molecule has 0 spiro atoms. The van der Waals surface area contributed by atoms with Crippen LogP contribution in [0.5, 0.6) is 5.75 Å². The number of ether oxygens (including phenoxy) is 1. The highest BCUT2D eigenvalue weighted by Crippen LogP contribution is 2.45. The van der Waals surface area contributed by atoms with Crippen molar-refractivity contribution >= 4 is 5.97 Å². The zero-order chi connectivity index (χ0) is 13.2. The van der Waals surface area contributed by atoms with Gasteiger partial charge in [-0.15, -0.1) is 0 Å². The number of carbonyl (C=O) groups is 1. The molecule has 0 saturated heterocycles. The molecule has 4 heteroatoms. The lowest BCUT2D eigenvalue weighted by Gasteiger charge is -2.26. The van der Waals surface area contributed by atoms with Gasteiger partial charge in [0.25, 0.3) is 0 Å². The Balaban J connectivity index is 2.49. The maximum atomic E-state index is 11.6. The molecule has 1 fully saturated rings. The Bertz CT molecular complexity index is 447. The van der Waals surface area contributed by atoms with Crippen molar-refractivity contribution in [2.45, 2.75) is 37.7 Å². The van der Waals surface area contributed by atoms with Crippen LogP contribution in [-0.4, -0.2) is 23.3 Å². The van der Waals surface area contributed by atoms with E-state index in [4.69, 9.17) is 4.74 Å². The number of phenolic OH excluding ortho intramolecular Hbond substituents is 1. The maximum absolute atomic E-state index is 11.6. The Kier molecular flexibility index (Phi) is 3.57. The minimum absolute atomic E-state index is 0.0728. The maximum Gasteiger partial charge on any atom is 0.314 e. The lowest BCUT2D eigenvalue weighted by Crippen LogP contribution is -2.32. The fourth-order valence-corrected chi connectivity index (χ4v) is 2.83. The largest absolute Gasteiger partial charge is 0.507 e. The monoisotopic (exact) mass is 250 g/mol. The lowest BCUT2D eigenvalue weighted by atomic mass is 9.78. The molecule has 0 heterocycles. The zero-order valence-corrected chi connectivity index (χ0v) is 10.5. The lowest BCUT2D eigenvalue weighted by molar-refractivity contribution is -0.143. The normalized spacial score (nSPS) is 17.8. The minimum Gasteiger partial charge on any atom is -0.507 e. The van der Waals surface area contributed by atoms with Gasteiger partial charge in [0.05, 0.1) is 12.0 Å². The second-order valence-electron chi connectivity index (χ2n) is 4.84. The summed E-state index contributed by atoms with van der Waals surface area (Å²) < 4.78 is 5.01. The fourth-order valence-electron chi connectivity index (χ4n) is 2.83. The molecule has 98 valence electrons. The summed E-state index contributed by atoms with van der Waals surface area (Å²) in [5.41, 5.74) is 0.248. The van der Waals surface area contributed by atoms with Gasteiger partial charge >= 0.3 is 5.97 Å². The molecule has 1 saturated carbocycles. The number of aliphatic carboxylic acids is 1. The summed E-state index contributed by atoms with van der Waals surface area (Å²) in [5, 5.41) is 19.8. The van der Waals surface area contributed by atoms with E-state index in [9.17, 15) is 15.0 Å². The highest BCUT2D eigenvalue weighted by Gasteiger charge is 2.44. The number of methoxy groups -OCH3 is 1. The molecule has 0 radical (unpaired) electrons. The molecule has 1 aliphatic carbocycles. The van der Waals surface area contributed by atoms with Crippen molar-refractivity contribution in [1.29, 1.82) is 0 Å². The zero-order valence-electron chi connectivity index (χ0n) is 10.5. The first-order valence-corrected chi connectivity index (χ1v) is 6.15. The van der Waals surface area contributed by atoms with E-state index in [2.05, 4.69) is 0 Å². The number of para-hydroxylation sites is 1. The van der Waals surface area contributed by atoms with E-state index in [-0.39, 0.29) is 12.4 Å². The quantitative estimate of drug-likeness (QED) is 0.861. The number of benzene rings is 1. The molecule has 2 rings (SSSR count). The molecule has 1 aromatic carbocycles. The number of rotatable bonds is 4. The summed E-state index contributed by atoms with van der Waals surface area (Å²) in [6.07, 6.45) is 2.96. The number of phenols is 1. The van der Waals surface area contributed by atoms with Crippen LogP contribution in [-0.2, 0) is 21.6 Å². The molecule has 0 aliphatic heterocycles. The predicted octanol–water partition coefficient (Wildman–Crippen LogP) is 2.44. The summed E-state index contributed by atoms with van der Waals surface area (Å²) in [7, 11) is 1.55. The Morgan fingerprint density at radius 1 is 1.39 bits per heavy atom. The first-order valence-electron chi connectivity index (χ1n) is 6.15. The predicted molar refractivity (Wildman–Crippen MR) is 66.6 cm³/mol. The van der Waals surface area contributed by atoms with Gasteiger partial charge in [-0.25, -0.2) is 0 Å². The van der Waals surface area contributed by atoms with Crippen molar-refractivity contribution in [3.63, 3.8) is 0 Å². The van der Waals surface area contributed by atoms with E-state index < -0.39 is 11.4 Å². The summed E-state index contributed by atoms with van der Waals surface area (Å²) in [4.78, 5) is 11.6. The highest BCUT2D eigenvalue weighted by atomic mass is 16.5. The Hall–Kier alpha value is -1.55. The molecule has 18 heavy (non-hydrogen) atoms. The number of hydrogen-bond acceptors (Lipinski definition) is 3. The summed E-state index contributed by atoms with van der Waals surface area (Å²) in [6.45, 7) is 0.287. The molecule has 0 atom stereocenters. The fraction of sp³-hybridized carbons (Fsp3) is 0.500. The molecule has 0 bridgehead atoms. The minimum atomic E-state index is -0.923. The van der Waals surface area contributed by atoms with E-state index in [1.54, 1.807) is 25.3 Å². The summed E-state index contributed by atoms with van der Waals surface area (Å²) >= 11 is 0. The van der Waals surface area contributed by atoms with Crippen LogP contribution in [0.3, 0.4) is 0 Å². The molecule has 1 aliphatic rings. The first-order chi connectivity index (χ1) is 8.62. The SMILES string of the molecule is COCc1cccc(C2(C(=O)O)CCCC2)c1O. The molecule has 0 amide bonds. The average Bonchev–Trinajstić information content (AvgIpc) is 2.82. The van der Waals surface area contributed by atoms with Gasteiger partial charge in [-0.2, -0.15) is 0 Å². The van der Waals surface area contributed by atoms with Gasteiger partial charge < -0.3 is 14.9 Å². The van der Waals surface area contributed by atoms with Crippen LogP contribution >= 0.6 is 0 Å². The Labute approximate surface area is 106 Å². The second kappa shape index (κ2) is 4.98. The van der Waals surface area contributed by atoms with Crippen molar-refractivity contribution in [3.05, 3.63) is 29.3 Å². The van der Waals surface area contributed by atoms with Crippen LogP contribution in [0.15, 0.2) is 18.2 Å². The van der Waals surface area contributed by atoms with Gasteiger partial charge in [-0.1, -0.05) is 31.0 Å². The number of carboxylic acids is 1. The first kappa shape index (κ1) is 12.9. The van der Waals surface area contributed by atoms with Crippen molar-refractivity contribution in [2.24, 2.45) is 0 Å². The van der Waals surface area contributed by atoms with Gasteiger partial charge in [-0.3, -0.25) is 4.79 Å². The number of carboxylic acid groups (broad SMARTS) is 1. The second-order valence-corrected chi connectivity index (χ2v) is 4.84. The molecule has 4 nitrogen and oxygen atoms in total. The highest BCUT2D eigenvalue weighted by molar-refractivity contribution is 5.83. The van der Waals surface area contributed by atoms with Crippen LogP contribution in [0, 0.1) is 0 Å². The van der Waals surface area contributed by atoms with E-state index in [0.29, 0.717) is 24.0 Å². The third-order valence-corrected chi connectivity index (χ3v) is 3.80. The van der Waals surface area contributed by atoms with Gasteiger partial charge in [0, 0.05) is 18.2 Å². The van der Waals surface area contributed by atoms with Crippen molar-refractivity contribution in [2.75, 3.05) is 7.11 Å². The van der Waals surface area contributed by atoms with Gasteiger partial charge in [0.15, 0.2) is 0 Å². The van der Waals surface area contributed by atoms with Crippen LogP contribution in [0.4, 0.5) is 0 Å². The van der Waals surface area contributed by atoms with E-state index in [1.807, 2.05) is 0 Å². The molecular formula is C14H18O4. The number of aromatic hydroxyl groups is 1. The number of hydrogen-bond donors (Lipinski definition) is 2. The molecule has 2 N–H and O–H groups in total. The van der Waals surface area contributed by atoms with Gasteiger partial charge in [0.2, 0.25) is 0 Å². The third kappa shape index (κ3) is 1.97. The molecule has 0 unspecified atom stereocenters. The summed E-state index contributed by atoms with van der Waals surface area (Å²) in [5.74, 6) is -0.770. The van der Waals surface area contributed by atoms with E-state index >= 15 is 0 Å². The van der Waals surface area contributed by atoms with Gasteiger partial charge in [-0.05, 0) is 12.8 Å². The molecular weight excluding hydrogens is 232 g/mol. The van der Waals surface area contributed by atoms with Crippen molar-refractivity contribution in [3.8, 4) is 5.75 Å². The van der Waals surface area contributed by atoms with Crippen LogP contribution in [0.1, 0.15) is 36.8 Å². The summed E-state index contributed by atoms with van der Waals surface area (Å²) in [6, 6.07) is 5.26. The van der Waals surface area contributed by atoms with Gasteiger partial charge in [0.1, 0.15) is 5.75 Å². The van der Waals surface area contributed by atoms with Crippen LogP contribution < -0.4 is 0 Å². The topological polar surface area (TPSA) is 66.8 Å². The smallest absolute Gasteiger partial charge is 0.314 e.